The maximum Gasteiger partial charge on any atom is 0.416 e. The predicted molar refractivity (Wildman–Crippen MR) is 157 cm³/mol. The van der Waals surface area contributed by atoms with E-state index in [0.29, 0.717) is 48.2 Å². The Kier molecular flexibility index (Phi) is 8.77. The normalized spacial score (nSPS) is 13.8. The van der Waals surface area contributed by atoms with E-state index in [9.17, 15) is 18.0 Å². The molecule has 4 aromatic rings. The van der Waals surface area contributed by atoms with Gasteiger partial charge in [-0.05, 0) is 81.1 Å². The molecule has 8 nitrogen and oxygen atoms in total. The number of aromatic nitrogens is 2. The first kappa shape index (κ1) is 29.1. The van der Waals surface area contributed by atoms with Crippen molar-refractivity contribution in [2.24, 2.45) is 5.73 Å². The number of halogens is 3. The molecule has 0 fully saturated rings. The summed E-state index contributed by atoms with van der Waals surface area (Å²) in [4.78, 5) is 26.3. The Labute approximate surface area is 242 Å². The van der Waals surface area contributed by atoms with Crippen LogP contribution in [0.15, 0.2) is 71.6 Å². The number of amides is 2. The minimum atomic E-state index is -4.48. The molecular weight excluding hydrogens is 545 g/mol. The molecule has 0 bridgehead atoms. The molecule has 3 N–H and O–H groups in total. The first-order valence-electron chi connectivity index (χ1n) is 14.0. The van der Waals surface area contributed by atoms with Gasteiger partial charge in [-0.25, -0.2) is 14.8 Å². The predicted octanol–water partition coefficient (Wildman–Crippen LogP) is 6.97. The average Bonchev–Trinajstić information content (AvgIpc) is 3.52. The van der Waals surface area contributed by atoms with Crippen LogP contribution in [0.4, 0.5) is 35.2 Å². The number of rotatable bonds is 7. The number of anilines is 3. The van der Waals surface area contributed by atoms with Crippen molar-refractivity contribution < 1.29 is 22.4 Å². The second-order valence-electron chi connectivity index (χ2n) is 10.1. The Hall–Kier alpha value is -4.38. The summed E-state index contributed by atoms with van der Waals surface area (Å²) in [6.07, 6.45) is 1.66. The van der Waals surface area contributed by atoms with Gasteiger partial charge in [0.1, 0.15) is 0 Å². The number of fused-ring (bicyclic) bond motifs is 1. The van der Waals surface area contributed by atoms with Gasteiger partial charge < -0.3 is 20.4 Å². The highest BCUT2D eigenvalue weighted by molar-refractivity contribution is 6.03. The number of hydrogen-bond acceptors (Lipinski definition) is 6. The Balaban J connectivity index is 1.51. The molecule has 220 valence electrons. The van der Waals surface area contributed by atoms with Gasteiger partial charge in [-0.1, -0.05) is 18.2 Å². The van der Waals surface area contributed by atoms with Gasteiger partial charge in [0, 0.05) is 36.4 Å². The number of oxazole rings is 1. The summed E-state index contributed by atoms with van der Waals surface area (Å²) in [6, 6.07) is 13.8. The lowest BCUT2D eigenvalue weighted by Gasteiger charge is -2.33. The number of carbonyl (C=O) groups is 1. The highest BCUT2D eigenvalue weighted by Gasteiger charge is 2.31. The lowest BCUT2D eigenvalue weighted by Crippen LogP contribution is -2.40. The van der Waals surface area contributed by atoms with Gasteiger partial charge in [-0.15, -0.1) is 0 Å². The highest BCUT2D eigenvalue weighted by atomic mass is 19.4. The van der Waals surface area contributed by atoms with Gasteiger partial charge >= 0.3 is 12.2 Å². The van der Waals surface area contributed by atoms with Crippen LogP contribution in [0, 0.1) is 0 Å². The van der Waals surface area contributed by atoms with Crippen molar-refractivity contribution in [3.63, 3.8) is 0 Å². The zero-order chi connectivity index (χ0) is 29.7. The van der Waals surface area contributed by atoms with Crippen molar-refractivity contribution in [3.05, 3.63) is 78.3 Å². The average molecular weight is 579 g/mol. The van der Waals surface area contributed by atoms with Gasteiger partial charge in [0.2, 0.25) is 0 Å². The Morgan fingerprint density at radius 2 is 1.93 bits per heavy atom. The molecule has 42 heavy (non-hydrogen) atoms. The maximum atomic E-state index is 13.8. The fourth-order valence-electron chi connectivity index (χ4n) is 5.16. The SMILES string of the molecule is CCN1CCCCN(C(=O)Nc2ccc(CCCN)c(-c3cnco3)c2)c2nc(-c3cccc(C(F)(F)F)c3)ccc21. The smallest absolute Gasteiger partial charge is 0.416 e. The minimum absolute atomic E-state index is 0.322. The van der Waals surface area contributed by atoms with Crippen molar-refractivity contribution >= 4 is 23.2 Å². The number of nitrogens with zero attached hydrogens (tertiary/aromatic N) is 4. The topological polar surface area (TPSA) is 101 Å². The Morgan fingerprint density at radius 3 is 2.67 bits per heavy atom. The third kappa shape index (κ3) is 6.41. The van der Waals surface area contributed by atoms with Crippen LogP contribution in [0.3, 0.4) is 0 Å². The van der Waals surface area contributed by atoms with Gasteiger partial charge in [-0.2, -0.15) is 13.2 Å². The van der Waals surface area contributed by atoms with Crippen LogP contribution in [0.5, 0.6) is 0 Å². The third-order valence-electron chi connectivity index (χ3n) is 7.33. The molecule has 0 spiro atoms. The van der Waals surface area contributed by atoms with Crippen LogP contribution >= 0.6 is 0 Å². The zero-order valence-corrected chi connectivity index (χ0v) is 23.3. The van der Waals surface area contributed by atoms with Crippen LogP contribution in [-0.4, -0.2) is 42.2 Å². The minimum Gasteiger partial charge on any atom is -0.444 e. The Bertz CT molecular complexity index is 1520. The number of aryl methyl sites for hydroxylation is 1. The molecule has 1 aliphatic rings. The van der Waals surface area contributed by atoms with Gasteiger partial charge in [0.05, 0.1) is 23.1 Å². The maximum absolute atomic E-state index is 13.8. The van der Waals surface area contributed by atoms with Crippen molar-refractivity contribution in [1.82, 2.24) is 9.97 Å². The van der Waals surface area contributed by atoms with Crippen LogP contribution < -0.4 is 20.9 Å². The van der Waals surface area contributed by atoms with E-state index in [0.717, 1.165) is 61.2 Å². The van der Waals surface area contributed by atoms with Gasteiger partial charge in [-0.3, -0.25) is 4.90 Å². The summed E-state index contributed by atoms with van der Waals surface area (Å²) in [5, 5.41) is 3.00. The quantitative estimate of drug-likeness (QED) is 0.246. The molecule has 5 rings (SSSR count). The van der Waals surface area contributed by atoms with Crippen molar-refractivity contribution in [1.29, 1.82) is 0 Å². The molecule has 2 aromatic heterocycles. The molecule has 11 heteroatoms. The number of urea groups is 1. The first-order valence-corrected chi connectivity index (χ1v) is 14.0. The van der Waals surface area contributed by atoms with Crippen molar-refractivity contribution in [2.45, 2.75) is 38.8 Å². The fourth-order valence-corrected chi connectivity index (χ4v) is 5.16. The molecule has 0 aliphatic carbocycles. The van der Waals surface area contributed by atoms with E-state index in [1.165, 1.54) is 12.5 Å². The molecule has 2 aromatic carbocycles. The van der Waals surface area contributed by atoms with Crippen LogP contribution in [0.2, 0.25) is 0 Å². The molecular formula is C31H33F3N6O2. The summed E-state index contributed by atoms with van der Waals surface area (Å²) in [5.74, 6) is 0.986. The number of hydrogen-bond donors (Lipinski definition) is 2. The lowest BCUT2D eigenvalue weighted by molar-refractivity contribution is -0.137. The summed E-state index contributed by atoms with van der Waals surface area (Å²) < 4.78 is 45.8. The van der Waals surface area contributed by atoms with E-state index in [-0.39, 0.29) is 6.03 Å². The van der Waals surface area contributed by atoms with E-state index >= 15 is 0 Å². The van der Waals surface area contributed by atoms with E-state index in [1.807, 2.05) is 31.2 Å². The molecule has 0 radical (unpaired) electrons. The summed E-state index contributed by atoms with van der Waals surface area (Å²) in [5.41, 5.74) is 8.80. The number of benzene rings is 2. The molecule has 0 saturated carbocycles. The molecule has 0 atom stereocenters. The standard InChI is InChI=1S/C31H33F3N6O2/c1-2-39-15-3-4-16-40(29-27(39)13-12-26(38-29)22-7-5-9-23(17-22)31(32,33)34)30(41)37-24-11-10-21(8-6-14-35)25(18-24)28-19-36-20-42-28/h5,7,9-13,17-20H,2-4,6,8,14-16,35H2,1H3,(H,37,41). The molecule has 0 unspecified atom stereocenters. The van der Waals surface area contributed by atoms with Gasteiger partial charge in [0.25, 0.3) is 0 Å². The zero-order valence-electron chi connectivity index (χ0n) is 23.3. The Morgan fingerprint density at radius 1 is 1.10 bits per heavy atom. The van der Waals surface area contributed by atoms with E-state index in [4.69, 9.17) is 15.1 Å². The molecule has 1 aliphatic heterocycles. The van der Waals surface area contributed by atoms with E-state index in [2.05, 4.69) is 15.2 Å². The summed E-state index contributed by atoms with van der Waals surface area (Å²) in [7, 11) is 0. The number of pyridine rings is 1. The molecule has 3 heterocycles. The van der Waals surface area contributed by atoms with Crippen molar-refractivity contribution in [3.8, 4) is 22.6 Å². The number of carbonyl (C=O) groups excluding carboxylic acids is 1. The summed E-state index contributed by atoms with van der Waals surface area (Å²) >= 11 is 0. The largest absolute Gasteiger partial charge is 0.444 e. The number of nitrogens with two attached hydrogens (primary N) is 1. The number of nitrogens with one attached hydrogen (secondary N) is 1. The van der Waals surface area contributed by atoms with Crippen LogP contribution in [-0.2, 0) is 12.6 Å². The second kappa shape index (κ2) is 12.6. The van der Waals surface area contributed by atoms with Crippen LogP contribution in [0.1, 0.15) is 37.3 Å². The summed E-state index contributed by atoms with van der Waals surface area (Å²) in [6.45, 7) is 4.45. The first-order chi connectivity index (χ1) is 20.3. The third-order valence-corrected chi connectivity index (χ3v) is 7.33. The fraction of sp³-hybridized carbons (Fsp3) is 0.323. The highest BCUT2D eigenvalue weighted by Crippen LogP contribution is 2.36. The van der Waals surface area contributed by atoms with E-state index < -0.39 is 11.7 Å². The second-order valence-corrected chi connectivity index (χ2v) is 10.1. The lowest BCUT2D eigenvalue weighted by atomic mass is 10.0. The molecule has 2 amide bonds. The van der Waals surface area contributed by atoms with Crippen LogP contribution in [0.25, 0.3) is 22.6 Å². The van der Waals surface area contributed by atoms with Gasteiger partial charge in [0.15, 0.2) is 18.0 Å². The molecule has 0 saturated heterocycles. The van der Waals surface area contributed by atoms with E-state index in [1.54, 1.807) is 23.2 Å². The monoisotopic (exact) mass is 578 g/mol. The number of alkyl halides is 3. The van der Waals surface area contributed by atoms with Crippen molar-refractivity contribution in [2.75, 3.05) is 41.3 Å².